The van der Waals surface area contributed by atoms with Crippen LogP contribution >= 0.6 is 23.4 Å². The van der Waals surface area contributed by atoms with Crippen molar-refractivity contribution >= 4 is 46.7 Å². The Morgan fingerprint density at radius 3 is 2.54 bits per heavy atom. The standard InChI is InChI=1S/C29H30ClN3O3S/c1-28(2,3)20-10-8-19(9-11-20)18-32-25-13-12-23(36-4)17-24(25)29(26(32)34)33(14-15-37-29)27(35)31-22-7-5-6-21(30)16-22/h5-13,16-17H,14-15,18H2,1-4H3,(H,31,35). The van der Waals surface area contributed by atoms with Crippen molar-refractivity contribution in [3.63, 3.8) is 0 Å². The van der Waals surface area contributed by atoms with Crippen LogP contribution in [0.2, 0.25) is 5.02 Å². The molecule has 3 amide bonds. The monoisotopic (exact) mass is 535 g/mol. The van der Waals surface area contributed by atoms with Gasteiger partial charge in [0.05, 0.1) is 19.3 Å². The molecule has 2 heterocycles. The first-order chi connectivity index (χ1) is 17.6. The van der Waals surface area contributed by atoms with Crippen LogP contribution < -0.4 is 15.0 Å². The lowest BCUT2D eigenvalue weighted by molar-refractivity contribution is -0.123. The van der Waals surface area contributed by atoms with Gasteiger partial charge in [-0.3, -0.25) is 9.69 Å². The molecule has 3 aromatic carbocycles. The van der Waals surface area contributed by atoms with Crippen molar-refractivity contribution in [1.29, 1.82) is 0 Å². The van der Waals surface area contributed by atoms with E-state index in [9.17, 15) is 9.59 Å². The van der Waals surface area contributed by atoms with Gasteiger partial charge in [0, 0.05) is 28.6 Å². The van der Waals surface area contributed by atoms with E-state index in [1.807, 2.05) is 18.2 Å². The zero-order chi connectivity index (χ0) is 26.4. The lowest BCUT2D eigenvalue weighted by atomic mass is 9.87. The summed E-state index contributed by atoms with van der Waals surface area (Å²) in [6.07, 6.45) is 0. The van der Waals surface area contributed by atoms with Gasteiger partial charge >= 0.3 is 6.03 Å². The van der Waals surface area contributed by atoms with Crippen molar-refractivity contribution in [2.45, 2.75) is 37.6 Å². The number of nitrogens with zero attached hydrogens (tertiary/aromatic N) is 2. The number of hydrogen-bond donors (Lipinski definition) is 1. The zero-order valence-electron chi connectivity index (χ0n) is 21.4. The molecule has 0 aliphatic carbocycles. The van der Waals surface area contributed by atoms with Crippen molar-refractivity contribution in [3.05, 3.63) is 88.4 Å². The Labute approximate surface area is 226 Å². The fraction of sp³-hybridized carbons (Fsp3) is 0.310. The van der Waals surface area contributed by atoms with Gasteiger partial charge in [-0.2, -0.15) is 0 Å². The van der Waals surface area contributed by atoms with Gasteiger partial charge in [-0.25, -0.2) is 4.79 Å². The predicted octanol–water partition coefficient (Wildman–Crippen LogP) is 6.63. The molecule has 5 rings (SSSR count). The molecule has 37 heavy (non-hydrogen) atoms. The summed E-state index contributed by atoms with van der Waals surface area (Å²) in [5, 5.41) is 3.45. The largest absolute Gasteiger partial charge is 0.497 e. The highest BCUT2D eigenvalue weighted by atomic mass is 35.5. The maximum atomic E-state index is 14.3. The normalized spacial score (nSPS) is 18.9. The molecule has 3 aromatic rings. The van der Waals surface area contributed by atoms with Crippen LogP contribution in [0.25, 0.3) is 0 Å². The van der Waals surface area contributed by atoms with Gasteiger partial charge in [-0.05, 0) is 52.9 Å². The van der Waals surface area contributed by atoms with Crippen LogP contribution in [0.3, 0.4) is 0 Å². The SMILES string of the molecule is COc1ccc2c(c1)C1(SCCN1C(=O)Nc1cccc(Cl)c1)C(=O)N2Cc1ccc(C(C)(C)C)cc1. The number of fused-ring (bicyclic) bond motifs is 2. The van der Waals surface area contributed by atoms with Gasteiger partial charge < -0.3 is 15.0 Å². The smallest absolute Gasteiger partial charge is 0.323 e. The number of rotatable bonds is 4. The van der Waals surface area contributed by atoms with Gasteiger partial charge in [0.1, 0.15) is 5.75 Å². The van der Waals surface area contributed by atoms with Crippen molar-refractivity contribution in [2.75, 3.05) is 29.6 Å². The molecule has 6 nitrogen and oxygen atoms in total. The number of urea groups is 1. The second kappa shape index (κ2) is 9.62. The van der Waals surface area contributed by atoms with Crippen LogP contribution in [0.15, 0.2) is 66.7 Å². The van der Waals surface area contributed by atoms with Gasteiger partial charge in [0.25, 0.3) is 5.91 Å². The van der Waals surface area contributed by atoms with E-state index in [4.69, 9.17) is 16.3 Å². The average Bonchev–Trinajstić information content (AvgIpc) is 3.41. The van der Waals surface area contributed by atoms with Crippen molar-refractivity contribution < 1.29 is 14.3 Å². The Bertz CT molecular complexity index is 1360. The second-order valence-corrected chi connectivity index (χ2v) is 12.0. The molecule has 0 saturated carbocycles. The summed E-state index contributed by atoms with van der Waals surface area (Å²) in [7, 11) is 1.60. The van der Waals surface area contributed by atoms with Crippen LogP contribution in [0.1, 0.15) is 37.5 Å². The van der Waals surface area contributed by atoms with Gasteiger partial charge in [-0.15, -0.1) is 11.8 Å². The van der Waals surface area contributed by atoms with Crippen LogP contribution in [0.4, 0.5) is 16.2 Å². The molecule has 1 saturated heterocycles. The Morgan fingerprint density at radius 1 is 1.11 bits per heavy atom. The molecule has 2 aliphatic heterocycles. The van der Waals surface area contributed by atoms with E-state index in [0.29, 0.717) is 35.3 Å². The zero-order valence-corrected chi connectivity index (χ0v) is 22.9. The molecule has 1 fully saturated rings. The number of thioether (sulfide) groups is 1. The molecule has 1 atom stereocenters. The van der Waals surface area contributed by atoms with Gasteiger partial charge in [-0.1, -0.05) is 62.7 Å². The summed E-state index contributed by atoms with van der Waals surface area (Å²) in [6.45, 7) is 7.39. The van der Waals surface area contributed by atoms with E-state index >= 15 is 0 Å². The fourth-order valence-corrected chi connectivity index (χ4v) is 6.57. The average molecular weight is 536 g/mol. The third-order valence-corrected chi connectivity index (χ3v) is 8.54. The molecule has 2 aliphatic rings. The minimum atomic E-state index is -1.17. The van der Waals surface area contributed by atoms with Gasteiger partial charge in [0.2, 0.25) is 0 Å². The summed E-state index contributed by atoms with van der Waals surface area (Å²) in [6, 6.07) is 20.7. The number of halogens is 1. The molecule has 8 heteroatoms. The number of ether oxygens (including phenoxy) is 1. The molecule has 1 spiro atoms. The number of carbonyl (C=O) groups is 2. The molecule has 0 bridgehead atoms. The van der Waals surface area contributed by atoms with Crippen molar-refractivity contribution in [2.24, 2.45) is 0 Å². The van der Waals surface area contributed by atoms with Crippen LogP contribution in [-0.4, -0.2) is 36.2 Å². The molecule has 0 radical (unpaired) electrons. The number of carbonyl (C=O) groups excluding carboxylic acids is 2. The third-order valence-electron chi connectivity index (χ3n) is 6.88. The van der Waals surface area contributed by atoms with E-state index in [-0.39, 0.29) is 17.4 Å². The molecule has 1 N–H and O–H groups in total. The third kappa shape index (κ3) is 4.55. The van der Waals surface area contributed by atoms with E-state index in [2.05, 4.69) is 50.4 Å². The quantitative estimate of drug-likeness (QED) is 0.407. The lowest BCUT2D eigenvalue weighted by Gasteiger charge is -2.33. The molecular weight excluding hydrogens is 506 g/mol. The number of nitrogens with one attached hydrogen (secondary N) is 1. The van der Waals surface area contributed by atoms with E-state index < -0.39 is 4.87 Å². The molecular formula is C29H30ClN3O3S. The minimum Gasteiger partial charge on any atom is -0.497 e. The number of anilines is 2. The summed E-state index contributed by atoms with van der Waals surface area (Å²) in [4.78, 5) is 30.1. The molecule has 1 unspecified atom stereocenters. The highest BCUT2D eigenvalue weighted by Crippen LogP contribution is 2.55. The minimum absolute atomic E-state index is 0.0482. The van der Waals surface area contributed by atoms with Crippen molar-refractivity contribution in [3.8, 4) is 5.75 Å². The highest BCUT2D eigenvalue weighted by molar-refractivity contribution is 8.01. The number of methoxy groups -OCH3 is 1. The number of benzene rings is 3. The maximum absolute atomic E-state index is 14.3. The number of hydrogen-bond acceptors (Lipinski definition) is 4. The topological polar surface area (TPSA) is 61.9 Å². The number of amides is 3. The van der Waals surface area contributed by atoms with E-state index in [1.165, 1.54) is 17.3 Å². The summed E-state index contributed by atoms with van der Waals surface area (Å²) < 4.78 is 5.51. The van der Waals surface area contributed by atoms with Crippen LogP contribution in [0.5, 0.6) is 5.75 Å². The van der Waals surface area contributed by atoms with Gasteiger partial charge in [0.15, 0.2) is 4.87 Å². The van der Waals surface area contributed by atoms with Crippen molar-refractivity contribution in [1.82, 2.24) is 4.90 Å². The first-order valence-electron chi connectivity index (χ1n) is 12.2. The summed E-state index contributed by atoms with van der Waals surface area (Å²) >= 11 is 7.60. The first-order valence-corrected chi connectivity index (χ1v) is 13.6. The Morgan fingerprint density at radius 2 is 1.86 bits per heavy atom. The summed E-state index contributed by atoms with van der Waals surface area (Å²) in [5.41, 5.74) is 4.45. The Hall–Kier alpha value is -3.16. The predicted molar refractivity (Wildman–Crippen MR) is 151 cm³/mol. The fourth-order valence-electron chi connectivity index (χ4n) is 4.93. The maximum Gasteiger partial charge on any atom is 0.323 e. The lowest BCUT2D eigenvalue weighted by Crippen LogP contribution is -2.51. The molecule has 0 aromatic heterocycles. The Kier molecular flexibility index (Phi) is 6.62. The highest BCUT2D eigenvalue weighted by Gasteiger charge is 2.59. The van der Waals surface area contributed by atoms with Crippen LogP contribution in [-0.2, 0) is 21.6 Å². The second-order valence-electron chi connectivity index (χ2n) is 10.3. The van der Waals surface area contributed by atoms with E-state index in [0.717, 1.165) is 16.8 Å². The van der Waals surface area contributed by atoms with E-state index in [1.54, 1.807) is 41.2 Å². The Balaban J connectivity index is 1.51. The first kappa shape index (κ1) is 25.5. The summed E-state index contributed by atoms with van der Waals surface area (Å²) in [5.74, 6) is 1.16. The molecule has 192 valence electrons. The van der Waals surface area contributed by atoms with Crippen LogP contribution in [0, 0.1) is 0 Å².